The Labute approximate surface area is 96.5 Å². The number of likely N-dealkylation sites (N-methyl/N-ethyl adjacent to an activating group) is 1. The molecule has 1 N–H and O–H groups in total. The highest BCUT2D eigenvalue weighted by Crippen LogP contribution is 2.14. The lowest BCUT2D eigenvalue weighted by molar-refractivity contribution is 0.0629. The van der Waals surface area contributed by atoms with Gasteiger partial charge in [0.05, 0.1) is 6.04 Å². The summed E-state index contributed by atoms with van der Waals surface area (Å²) in [5.41, 5.74) is 1.88. The molecule has 1 aliphatic rings. The number of nitrogens with one attached hydrogen (secondary N) is 1. The van der Waals surface area contributed by atoms with Crippen LogP contribution in [0.2, 0.25) is 0 Å². The fourth-order valence-corrected chi connectivity index (χ4v) is 2.03. The van der Waals surface area contributed by atoms with Gasteiger partial charge in [-0.15, -0.1) is 0 Å². The molecule has 0 aliphatic carbocycles. The molecule has 1 fully saturated rings. The molecule has 1 amide bonds. The summed E-state index contributed by atoms with van der Waals surface area (Å²) in [6.45, 7) is 6.64. The molecular weight excluding hydrogens is 200 g/mol. The number of rotatable bonds is 3. The Balaban J connectivity index is 2.19. The van der Waals surface area contributed by atoms with Crippen LogP contribution in [0, 0.1) is 6.92 Å². The third-order valence-electron chi connectivity index (χ3n) is 3.18. The number of nitrogens with zero attached hydrogens (tertiary/aromatic N) is 1. The average molecular weight is 218 g/mol. The van der Waals surface area contributed by atoms with E-state index < -0.39 is 0 Å². The van der Waals surface area contributed by atoms with E-state index in [1.54, 1.807) is 0 Å². The van der Waals surface area contributed by atoms with Crippen LogP contribution in [0.3, 0.4) is 0 Å². The molecule has 1 aliphatic heterocycles. The largest absolute Gasteiger partial charge is 0.333 e. The van der Waals surface area contributed by atoms with E-state index in [0.29, 0.717) is 6.04 Å². The first kappa shape index (κ1) is 11.1. The number of carbonyl (C=O) groups excluding carboxylic acids is 1. The molecule has 16 heavy (non-hydrogen) atoms. The molecule has 0 aromatic heterocycles. The van der Waals surface area contributed by atoms with E-state index in [1.807, 2.05) is 43.0 Å². The van der Waals surface area contributed by atoms with E-state index in [-0.39, 0.29) is 5.91 Å². The molecule has 3 nitrogen and oxygen atoms in total. The summed E-state index contributed by atoms with van der Waals surface area (Å²) >= 11 is 0. The summed E-state index contributed by atoms with van der Waals surface area (Å²) in [7, 11) is 0. The van der Waals surface area contributed by atoms with Crippen molar-refractivity contribution in [3.8, 4) is 0 Å². The van der Waals surface area contributed by atoms with Crippen LogP contribution < -0.4 is 5.32 Å². The van der Waals surface area contributed by atoms with E-state index in [9.17, 15) is 4.79 Å². The van der Waals surface area contributed by atoms with Crippen LogP contribution in [0.25, 0.3) is 0 Å². The van der Waals surface area contributed by atoms with Gasteiger partial charge in [0.1, 0.15) is 0 Å². The standard InChI is InChI=1S/C13H18N2O/c1-3-15(11-8-14-9-11)13(16)12-7-5-4-6-10(12)2/h4-7,11,14H,3,8-9H2,1-2H3. The van der Waals surface area contributed by atoms with E-state index in [0.717, 1.165) is 30.8 Å². The van der Waals surface area contributed by atoms with E-state index in [4.69, 9.17) is 0 Å². The summed E-state index contributed by atoms with van der Waals surface area (Å²) in [6.07, 6.45) is 0. The van der Waals surface area contributed by atoms with Crippen LogP contribution in [0.1, 0.15) is 22.8 Å². The van der Waals surface area contributed by atoms with Crippen molar-refractivity contribution in [2.45, 2.75) is 19.9 Å². The lowest BCUT2D eigenvalue weighted by Gasteiger charge is -2.37. The number of hydrogen-bond acceptors (Lipinski definition) is 2. The first-order chi connectivity index (χ1) is 7.74. The second-order valence-corrected chi connectivity index (χ2v) is 4.22. The van der Waals surface area contributed by atoms with Gasteiger partial charge in [0, 0.05) is 25.2 Å². The molecule has 1 aromatic carbocycles. The molecule has 0 unspecified atom stereocenters. The quantitative estimate of drug-likeness (QED) is 0.832. The van der Waals surface area contributed by atoms with Crippen molar-refractivity contribution in [2.75, 3.05) is 19.6 Å². The second kappa shape index (κ2) is 4.66. The number of benzene rings is 1. The van der Waals surface area contributed by atoms with Crippen molar-refractivity contribution < 1.29 is 4.79 Å². The monoisotopic (exact) mass is 218 g/mol. The van der Waals surface area contributed by atoms with E-state index in [2.05, 4.69) is 5.32 Å². The fraction of sp³-hybridized carbons (Fsp3) is 0.462. The predicted octanol–water partition coefficient (Wildman–Crippen LogP) is 1.43. The summed E-state index contributed by atoms with van der Waals surface area (Å²) in [5.74, 6) is 0.159. The van der Waals surface area contributed by atoms with Crippen LogP contribution in [0.4, 0.5) is 0 Å². The first-order valence-electron chi connectivity index (χ1n) is 5.81. The molecule has 0 atom stereocenters. The highest BCUT2D eigenvalue weighted by Gasteiger charge is 2.28. The smallest absolute Gasteiger partial charge is 0.254 e. The molecule has 1 heterocycles. The zero-order valence-corrected chi connectivity index (χ0v) is 9.86. The zero-order valence-electron chi connectivity index (χ0n) is 9.86. The highest BCUT2D eigenvalue weighted by molar-refractivity contribution is 5.95. The summed E-state index contributed by atoms with van der Waals surface area (Å²) < 4.78 is 0. The average Bonchev–Trinajstić information content (AvgIpc) is 2.23. The van der Waals surface area contributed by atoms with Crippen molar-refractivity contribution in [1.82, 2.24) is 10.2 Å². The van der Waals surface area contributed by atoms with Crippen LogP contribution in [-0.4, -0.2) is 36.5 Å². The van der Waals surface area contributed by atoms with Crippen LogP contribution in [0.15, 0.2) is 24.3 Å². The van der Waals surface area contributed by atoms with Crippen molar-refractivity contribution >= 4 is 5.91 Å². The van der Waals surface area contributed by atoms with Gasteiger partial charge in [-0.2, -0.15) is 0 Å². The Morgan fingerprint density at radius 1 is 1.44 bits per heavy atom. The normalized spacial score (nSPS) is 15.6. The molecule has 2 rings (SSSR count). The van der Waals surface area contributed by atoms with E-state index >= 15 is 0 Å². The second-order valence-electron chi connectivity index (χ2n) is 4.22. The molecule has 0 bridgehead atoms. The van der Waals surface area contributed by atoms with Crippen molar-refractivity contribution in [1.29, 1.82) is 0 Å². The lowest BCUT2D eigenvalue weighted by Crippen LogP contribution is -2.58. The number of carbonyl (C=O) groups is 1. The minimum Gasteiger partial charge on any atom is -0.333 e. The molecular formula is C13H18N2O. The Bertz CT molecular complexity index is 385. The topological polar surface area (TPSA) is 32.3 Å². The minimum atomic E-state index is 0.159. The SMILES string of the molecule is CCN(C(=O)c1ccccc1C)C1CNC1. The maximum atomic E-state index is 12.3. The fourth-order valence-electron chi connectivity index (χ4n) is 2.03. The maximum Gasteiger partial charge on any atom is 0.254 e. The van der Waals surface area contributed by atoms with Gasteiger partial charge in [0.2, 0.25) is 0 Å². The van der Waals surface area contributed by atoms with Crippen molar-refractivity contribution in [2.24, 2.45) is 0 Å². The molecule has 0 saturated carbocycles. The maximum absolute atomic E-state index is 12.3. The highest BCUT2D eigenvalue weighted by atomic mass is 16.2. The third kappa shape index (κ3) is 1.95. The Morgan fingerprint density at radius 2 is 2.12 bits per heavy atom. The van der Waals surface area contributed by atoms with Crippen molar-refractivity contribution in [3.63, 3.8) is 0 Å². The summed E-state index contributed by atoms with van der Waals surface area (Å²) in [4.78, 5) is 14.3. The van der Waals surface area contributed by atoms with Crippen molar-refractivity contribution in [3.05, 3.63) is 35.4 Å². The molecule has 0 radical (unpaired) electrons. The molecule has 0 spiro atoms. The van der Waals surface area contributed by atoms with E-state index in [1.165, 1.54) is 0 Å². The van der Waals surface area contributed by atoms with Gasteiger partial charge < -0.3 is 10.2 Å². The predicted molar refractivity (Wildman–Crippen MR) is 64.5 cm³/mol. The Kier molecular flexibility index (Phi) is 3.25. The molecule has 3 heteroatoms. The van der Waals surface area contributed by atoms with Gasteiger partial charge in [-0.1, -0.05) is 18.2 Å². The summed E-state index contributed by atoms with van der Waals surface area (Å²) in [5, 5.41) is 3.20. The van der Waals surface area contributed by atoms with Crippen LogP contribution in [0.5, 0.6) is 0 Å². The minimum absolute atomic E-state index is 0.159. The van der Waals surface area contributed by atoms with Gasteiger partial charge in [-0.05, 0) is 25.5 Å². The number of aryl methyl sites for hydroxylation is 1. The number of hydrogen-bond donors (Lipinski definition) is 1. The Hall–Kier alpha value is -1.35. The Morgan fingerprint density at radius 3 is 2.62 bits per heavy atom. The van der Waals surface area contributed by atoms with Gasteiger partial charge in [-0.3, -0.25) is 4.79 Å². The summed E-state index contributed by atoms with van der Waals surface area (Å²) in [6, 6.07) is 8.16. The molecule has 86 valence electrons. The first-order valence-corrected chi connectivity index (χ1v) is 5.81. The third-order valence-corrected chi connectivity index (χ3v) is 3.18. The lowest BCUT2D eigenvalue weighted by atomic mass is 10.0. The van der Waals surface area contributed by atoms with Gasteiger partial charge in [0.15, 0.2) is 0 Å². The molecule has 1 saturated heterocycles. The number of amides is 1. The zero-order chi connectivity index (χ0) is 11.5. The molecule has 1 aromatic rings. The van der Waals surface area contributed by atoms with Crippen LogP contribution >= 0.6 is 0 Å². The van der Waals surface area contributed by atoms with Gasteiger partial charge in [0.25, 0.3) is 5.91 Å². The van der Waals surface area contributed by atoms with Gasteiger partial charge >= 0.3 is 0 Å². The van der Waals surface area contributed by atoms with Crippen LogP contribution in [-0.2, 0) is 0 Å². The van der Waals surface area contributed by atoms with Gasteiger partial charge in [-0.25, -0.2) is 0 Å².